The number of nitrogens with one attached hydrogen (secondary N) is 1. The van der Waals surface area contributed by atoms with Crippen LogP contribution < -0.4 is 9.46 Å². The minimum atomic E-state index is -3.87. The van der Waals surface area contributed by atoms with E-state index in [1.165, 1.54) is 20.3 Å². The molecule has 2 aromatic carbocycles. The monoisotopic (exact) mass is 730 g/mol. The molecule has 2 fully saturated rings. The van der Waals surface area contributed by atoms with E-state index in [9.17, 15) is 22.8 Å². The van der Waals surface area contributed by atoms with Gasteiger partial charge >= 0.3 is 0 Å². The summed E-state index contributed by atoms with van der Waals surface area (Å²) in [6.45, 7) is 7.73. The van der Waals surface area contributed by atoms with Gasteiger partial charge in [-0.3, -0.25) is 14.4 Å². The highest BCUT2D eigenvalue weighted by atomic mass is 32.2. The van der Waals surface area contributed by atoms with E-state index in [0.29, 0.717) is 29.9 Å². The van der Waals surface area contributed by atoms with Crippen LogP contribution in [0.25, 0.3) is 28.2 Å². The molecule has 0 radical (unpaired) electrons. The fourth-order valence-electron chi connectivity index (χ4n) is 7.78. The molecule has 1 aliphatic carbocycles. The van der Waals surface area contributed by atoms with Gasteiger partial charge in [0, 0.05) is 61.0 Å². The second-order valence-electron chi connectivity index (χ2n) is 14.9. The number of sulfonamides is 1. The Morgan fingerprint density at radius 2 is 1.69 bits per heavy atom. The minimum absolute atomic E-state index is 0.0494. The van der Waals surface area contributed by atoms with Crippen LogP contribution in [0.4, 0.5) is 0 Å². The predicted octanol–water partition coefficient (Wildman–Crippen LogP) is 5.88. The summed E-state index contributed by atoms with van der Waals surface area (Å²) in [5.74, 6) is -0.594. The average Bonchev–Trinajstić information content (AvgIpc) is 3.31. The van der Waals surface area contributed by atoms with E-state index in [0.717, 1.165) is 53.5 Å². The molecule has 12 heteroatoms. The van der Waals surface area contributed by atoms with Crippen LogP contribution in [0, 0.1) is 0 Å². The second-order valence-corrected chi connectivity index (χ2v) is 17.1. The lowest BCUT2D eigenvalue weighted by atomic mass is 9.81. The number of rotatable bonds is 9. The maximum Gasteiger partial charge on any atom is 0.264 e. The van der Waals surface area contributed by atoms with Crippen molar-refractivity contribution in [3.8, 4) is 17.0 Å². The summed E-state index contributed by atoms with van der Waals surface area (Å²) in [6.07, 6.45) is 8.48. The van der Waals surface area contributed by atoms with Crippen molar-refractivity contribution in [1.29, 1.82) is 0 Å². The standard InChI is InChI=1S/C40H50N4O7S/c1-24(2)52(48,49)41-39(46)28-13-15-33-35(19-28)44-22-30(38(45)34(23-42(5)6)40(47)43-20-25(3)51-26(4)21-43)17-29-18-31(50-7)14-16-32(29)37(44)36(33)27-11-9-8-10-12-27/h13-19,23-27H,8-12,20-22H2,1-7H3,(H,41,46)/t25-,26+. The number of hydrogen-bond donors (Lipinski definition) is 1. The Kier molecular flexibility index (Phi) is 10.7. The number of Topliss-reactive ketones (excluding diaryl/α,β-unsaturated/α-hetero) is 1. The zero-order valence-corrected chi connectivity index (χ0v) is 32.0. The number of fused-ring (bicyclic) bond motifs is 5. The molecule has 0 unspecified atom stereocenters. The number of carbonyl (C=O) groups excluding carboxylic acids is 3. The Bertz CT molecular complexity index is 2060. The number of allylic oxidation sites excluding steroid dienone is 1. The predicted molar refractivity (Wildman–Crippen MR) is 203 cm³/mol. The topological polar surface area (TPSA) is 127 Å². The van der Waals surface area contributed by atoms with Crippen LogP contribution in [0.15, 0.2) is 53.7 Å². The normalized spacial score (nSPS) is 19.8. The molecule has 2 atom stereocenters. The van der Waals surface area contributed by atoms with Gasteiger partial charge in [0.1, 0.15) is 11.3 Å². The van der Waals surface area contributed by atoms with Crippen LogP contribution in [0.5, 0.6) is 5.75 Å². The van der Waals surface area contributed by atoms with Crippen LogP contribution in [0.3, 0.4) is 0 Å². The summed E-state index contributed by atoms with van der Waals surface area (Å²) in [6, 6.07) is 11.1. The van der Waals surface area contributed by atoms with Gasteiger partial charge in [0.25, 0.3) is 11.8 Å². The summed E-state index contributed by atoms with van der Waals surface area (Å²) in [5.41, 5.74) is 5.16. The Hall–Kier alpha value is -4.42. The van der Waals surface area contributed by atoms with Gasteiger partial charge in [0.05, 0.1) is 36.8 Å². The molecule has 3 aliphatic rings. The summed E-state index contributed by atoms with van der Waals surface area (Å²) in [5, 5.41) is 0.169. The maximum atomic E-state index is 14.8. The molecule has 52 heavy (non-hydrogen) atoms. The number of nitrogens with zero attached hydrogens (tertiary/aromatic N) is 3. The number of hydrogen-bond acceptors (Lipinski definition) is 8. The highest BCUT2D eigenvalue weighted by molar-refractivity contribution is 7.90. The molecule has 6 rings (SSSR count). The van der Waals surface area contributed by atoms with Crippen molar-refractivity contribution in [2.45, 2.75) is 89.7 Å². The van der Waals surface area contributed by atoms with E-state index in [4.69, 9.17) is 9.47 Å². The average molecular weight is 731 g/mol. The third kappa shape index (κ3) is 7.41. The lowest BCUT2D eigenvalue weighted by Gasteiger charge is -2.35. The number of carbonyl (C=O) groups is 3. The van der Waals surface area contributed by atoms with E-state index < -0.39 is 27.0 Å². The highest BCUT2D eigenvalue weighted by Gasteiger charge is 2.35. The zero-order valence-electron chi connectivity index (χ0n) is 31.2. The highest BCUT2D eigenvalue weighted by Crippen LogP contribution is 2.47. The lowest BCUT2D eigenvalue weighted by Crippen LogP contribution is -2.49. The summed E-state index contributed by atoms with van der Waals surface area (Å²) in [4.78, 5) is 45.8. The largest absolute Gasteiger partial charge is 0.497 e. The van der Waals surface area contributed by atoms with E-state index in [1.54, 1.807) is 49.3 Å². The van der Waals surface area contributed by atoms with Crippen molar-refractivity contribution >= 4 is 44.6 Å². The van der Waals surface area contributed by atoms with Crippen LogP contribution in [0.1, 0.15) is 87.2 Å². The van der Waals surface area contributed by atoms with Crippen LogP contribution in [0.2, 0.25) is 0 Å². The van der Waals surface area contributed by atoms with Gasteiger partial charge in [-0.05, 0) is 94.0 Å². The number of methoxy groups -OCH3 is 1. The molecular weight excluding hydrogens is 681 g/mol. The van der Waals surface area contributed by atoms with Gasteiger partial charge in [-0.1, -0.05) is 25.3 Å². The van der Waals surface area contributed by atoms with E-state index in [-0.39, 0.29) is 41.7 Å². The molecule has 1 N–H and O–H groups in total. The molecule has 1 saturated heterocycles. The molecule has 3 heterocycles. The third-order valence-corrected chi connectivity index (χ3v) is 12.0. The molecule has 0 bridgehead atoms. The number of ether oxygens (including phenoxy) is 2. The number of aromatic nitrogens is 1. The Labute approximate surface area is 306 Å². The Morgan fingerprint density at radius 1 is 1.00 bits per heavy atom. The van der Waals surface area contributed by atoms with Gasteiger partial charge in [-0.15, -0.1) is 0 Å². The van der Waals surface area contributed by atoms with Gasteiger partial charge in [0.15, 0.2) is 5.78 Å². The quantitative estimate of drug-likeness (QED) is 0.164. The van der Waals surface area contributed by atoms with Gasteiger partial charge in [-0.25, -0.2) is 13.1 Å². The summed E-state index contributed by atoms with van der Waals surface area (Å²) < 4.78 is 41.2. The molecule has 11 nitrogen and oxygen atoms in total. The van der Waals surface area contributed by atoms with Crippen LogP contribution >= 0.6 is 0 Å². The van der Waals surface area contributed by atoms with Crippen molar-refractivity contribution in [3.05, 3.63) is 70.4 Å². The van der Waals surface area contributed by atoms with Crippen molar-refractivity contribution in [3.63, 3.8) is 0 Å². The number of amides is 2. The Balaban J connectivity index is 1.55. The van der Waals surface area contributed by atoms with Gasteiger partial charge in [-0.2, -0.15) is 0 Å². The van der Waals surface area contributed by atoms with Gasteiger partial charge in [0.2, 0.25) is 10.0 Å². The van der Waals surface area contributed by atoms with E-state index >= 15 is 0 Å². The number of ketones is 1. The first kappa shape index (κ1) is 37.3. The SMILES string of the molecule is COc1ccc2c(c1)C=C(C(=O)C(=CN(C)C)C(=O)N1C[C@@H](C)O[C@@H](C)C1)Cn1c-2c(C2CCCCC2)c2ccc(C(=O)NS(=O)(=O)C(C)C)cc21. The summed E-state index contributed by atoms with van der Waals surface area (Å²) >= 11 is 0. The lowest BCUT2D eigenvalue weighted by molar-refractivity contribution is -0.140. The fourth-order valence-corrected chi connectivity index (χ4v) is 8.39. The first-order chi connectivity index (χ1) is 24.7. The number of morpholine rings is 1. The van der Waals surface area contributed by atoms with Crippen LogP contribution in [-0.4, -0.2) is 92.1 Å². The summed E-state index contributed by atoms with van der Waals surface area (Å²) in [7, 11) is 1.30. The second kappa shape index (κ2) is 14.9. The smallest absolute Gasteiger partial charge is 0.264 e. The van der Waals surface area contributed by atoms with Crippen molar-refractivity contribution < 1.29 is 32.3 Å². The first-order valence-corrected chi connectivity index (χ1v) is 19.7. The first-order valence-electron chi connectivity index (χ1n) is 18.2. The van der Waals surface area contributed by atoms with Crippen molar-refractivity contribution in [2.75, 3.05) is 34.3 Å². The third-order valence-electron chi connectivity index (χ3n) is 10.3. The molecule has 278 valence electrons. The molecule has 1 saturated carbocycles. The molecule has 3 aromatic rings. The Morgan fingerprint density at radius 3 is 2.33 bits per heavy atom. The van der Waals surface area contributed by atoms with E-state index in [1.807, 2.05) is 44.2 Å². The van der Waals surface area contributed by atoms with Gasteiger partial charge < -0.3 is 23.8 Å². The zero-order chi connectivity index (χ0) is 37.5. The van der Waals surface area contributed by atoms with Crippen molar-refractivity contribution in [1.82, 2.24) is 19.1 Å². The molecular formula is C40H50N4O7S. The van der Waals surface area contributed by atoms with E-state index in [2.05, 4.69) is 9.29 Å². The van der Waals surface area contributed by atoms with Crippen LogP contribution in [-0.2, 0) is 30.9 Å². The van der Waals surface area contributed by atoms with Crippen molar-refractivity contribution in [2.24, 2.45) is 0 Å². The minimum Gasteiger partial charge on any atom is -0.497 e. The molecule has 2 aliphatic heterocycles. The molecule has 2 amide bonds. The maximum absolute atomic E-state index is 14.8. The molecule has 0 spiro atoms. The molecule has 1 aromatic heterocycles. The fraction of sp³-hybridized carbons (Fsp3) is 0.475. The number of benzene rings is 2.